The highest BCUT2D eigenvalue weighted by Gasteiger charge is 2.30. The van der Waals surface area contributed by atoms with Crippen LogP contribution in [0.25, 0.3) is 0 Å². The molecule has 0 N–H and O–H groups in total. The molecule has 1 aromatic carbocycles. The molecule has 0 bridgehead atoms. The van der Waals surface area contributed by atoms with Gasteiger partial charge in [-0.05, 0) is 30.4 Å². The van der Waals surface area contributed by atoms with Gasteiger partial charge in [-0.3, -0.25) is 0 Å². The Balaban J connectivity index is 2.71. The van der Waals surface area contributed by atoms with E-state index >= 15 is 0 Å². The Morgan fingerprint density at radius 1 is 1.27 bits per heavy atom. The Labute approximate surface area is 97.2 Å². The van der Waals surface area contributed by atoms with Crippen LogP contribution in [0.5, 0.6) is 0 Å². The molecule has 0 saturated carbocycles. The lowest BCUT2D eigenvalue weighted by atomic mass is 9.83. The third-order valence-electron chi connectivity index (χ3n) is 2.91. The van der Waals surface area contributed by atoms with Crippen molar-refractivity contribution in [2.75, 3.05) is 0 Å². The Bertz CT molecular complexity index is 404. The van der Waals surface area contributed by atoms with E-state index in [0.29, 0.717) is 12.0 Å². The third kappa shape index (κ3) is 1.74. The van der Waals surface area contributed by atoms with Gasteiger partial charge in [-0.25, -0.2) is 8.78 Å². The van der Waals surface area contributed by atoms with Gasteiger partial charge in [0.25, 0.3) is 0 Å². The fourth-order valence-corrected chi connectivity index (χ4v) is 2.84. The molecule has 2 atom stereocenters. The highest BCUT2D eigenvalue weighted by atomic mass is 35.5. The normalized spacial score (nSPS) is 25.1. The summed E-state index contributed by atoms with van der Waals surface area (Å²) in [6.07, 6.45) is 1.51. The largest absolute Gasteiger partial charge is 0.204 e. The summed E-state index contributed by atoms with van der Waals surface area (Å²) in [7, 11) is 0. The van der Waals surface area contributed by atoms with Gasteiger partial charge in [0, 0.05) is 10.6 Å². The minimum absolute atomic E-state index is 0.137. The van der Waals surface area contributed by atoms with E-state index in [4.69, 9.17) is 23.2 Å². The third-order valence-corrected chi connectivity index (χ3v) is 3.66. The maximum absolute atomic E-state index is 13.6. The van der Waals surface area contributed by atoms with E-state index in [0.717, 1.165) is 12.5 Å². The van der Waals surface area contributed by atoms with Crippen LogP contribution in [0.4, 0.5) is 8.78 Å². The van der Waals surface area contributed by atoms with Crippen LogP contribution in [0.2, 0.25) is 5.02 Å². The summed E-state index contributed by atoms with van der Waals surface area (Å²) in [6.45, 7) is 1.95. The highest BCUT2D eigenvalue weighted by molar-refractivity contribution is 6.31. The average molecular weight is 251 g/mol. The van der Waals surface area contributed by atoms with E-state index in [2.05, 4.69) is 0 Å². The minimum atomic E-state index is -0.918. The molecule has 0 aliphatic heterocycles. The Hall–Kier alpha value is -0.340. The summed E-state index contributed by atoms with van der Waals surface area (Å²) < 4.78 is 26.7. The molecule has 2 rings (SSSR count). The molecular formula is C11H10Cl2F2. The first-order valence-electron chi connectivity index (χ1n) is 4.83. The van der Waals surface area contributed by atoms with Crippen molar-refractivity contribution in [2.24, 2.45) is 0 Å². The number of rotatable bonds is 0. The number of hydrogen-bond acceptors (Lipinski definition) is 0. The van der Waals surface area contributed by atoms with E-state index in [1.54, 1.807) is 0 Å². The van der Waals surface area contributed by atoms with Crippen LogP contribution in [0.1, 0.15) is 42.2 Å². The lowest BCUT2D eigenvalue weighted by Crippen LogP contribution is -2.13. The Morgan fingerprint density at radius 3 is 2.60 bits per heavy atom. The van der Waals surface area contributed by atoms with Crippen LogP contribution in [0, 0.1) is 11.6 Å². The van der Waals surface area contributed by atoms with Gasteiger partial charge >= 0.3 is 0 Å². The summed E-state index contributed by atoms with van der Waals surface area (Å²) >= 11 is 11.9. The lowest BCUT2D eigenvalue weighted by Gasteiger charge is -2.27. The Kier molecular flexibility index (Phi) is 2.91. The quantitative estimate of drug-likeness (QED) is 0.459. The molecule has 0 saturated heterocycles. The van der Waals surface area contributed by atoms with Gasteiger partial charge in [-0.2, -0.15) is 0 Å². The molecule has 0 amide bonds. The smallest absolute Gasteiger partial charge is 0.163 e. The molecule has 1 aromatic rings. The molecule has 82 valence electrons. The van der Waals surface area contributed by atoms with Crippen LogP contribution in [0.15, 0.2) is 6.07 Å². The van der Waals surface area contributed by atoms with Crippen molar-refractivity contribution in [3.05, 3.63) is 33.9 Å². The molecule has 1 aliphatic carbocycles. The molecule has 15 heavy (non-hydrogen) atoms. The summed E-state index contributed by atoms with van der Waals surface area (Å²) in [5, 5.41) is -0.189. The average Bonchev–Trinajstić information content (AvgIpc) is 2.18. The van der Waals surface area contributed by atoms with Crippen molar-refractivity contribution in [3.8, 4) is 0 Å². The van der Waals surface area contributed by atoms with Crippen LogP contribution < -0.4 is 0 Å². The minimum Gasteiger partial charge on any atom is -0.204 e. The van der Waals surface area contributed by atoms with Gasteiger partial charge in [0.1, 0.15) is 0 Å². The topological polar surface area (TPSA) is 0 Å². The summed E-state index contributed by atoms with van der Waals surface area (Å²) in [6, 6.07) is 1.03. The van der Waals surface area contributed by atoms with Crippen LogP contribution in [0.3, 0.4) is 0 Å². The second-order valence-corrected chi connectivity index (χ2v) is 4.86. The van der Waals surface area contributed by atoms with Gasteiger partial charge in [-0.15, -0.1) is 11.6 Å². The van der Waals surface area contributed by atoms with E-state index in [1.807, 2.05) is 6.92 Å². The molecule has 0 radical (unpaired) electrons. The van der Waals surface area contributed by atoms with E-state index in [-0.39, 0.29) is 16.5 Å². The van der Waals surface area contributed by atoms with Gasteiger partial charge in [-0.1, -0.05) is 18.5 Å². The van der Waals surface area contributed by atoms with Crippen molar-refractivity contribution in [3.63, 3.8) is 0 Å². The predicted octanol–water partition coefficient (Wildman–Crippen LogP) is 4.80. The van der Waals surface area contributed by atoms with Crippen LogP contribution >= 0.6 is 23.2 Å². The number of alkyl halides is 1. The first kappa shape index (κ1) is 11.2. The van der Waals surface area contributed by atoms with Crippen molar-refractivity contribution in [2.45, 2.75) is 31.1 Å². The molecule has 4 heteroatoms. The van der Waals surface area contributed by atoms with Crippen molar-refractivity contribution >= 4 is 23.2 Å². The number of fused-ring (bicyclic) bond motifs is 1. The van der Waals surface area contributed by atoms with Crippen LogP contribution in [-0.4, -0.2) is 0 Å². The molecule has 0 aromatic heterocycles. The van der Waals surface area contributed by atoms with Gasteiger partial charge in [0.05, 0.1) is 5.38 Å². The van der Waals surface area contributed by atoms with Crippen molar-refractivity contribution in [1.82, 2.24) is 0 Å². The van der Waals surface area contributed by atoms with E-state index in [1.165, 1.54) is 0 Å². The summed E-state index contributed by atoms with van der Waals surface area (Å²) in [5.74, 6) is -1.63. The summed E-state index contributed by atoms with van der Waals surface area (Å²) in [4.78, 5) is 0. The fraction of sp³-hybridized carbons (Fsp3) is 0.455. The van der Waals surface area contributed by atoms with Crippen molar-refractivity contribution in [1.29, 1.82) is 0 Å². The first-order valence-corrected chi connectivity index (χ1v) is 5.65. The zero-order valence-electron chi connectivity index (χ0n) is 8.16. The molecule has 0 spiro atoms. The second-order valence-electron chi connectivity index (χ2n) is 3.93. The number of hydrogen-bond donors (Lipinski definition) is 0. The molecule has 1 aliphatic rings. The maximum Gasteiger partial charge on any atom is 0.163 e. The molecule has 2 unspecified atom stereocenters. The molecule has 0 fully saturated rings. The monoisotopic (exact) mass is 250 g/mol. The molecular weight excluding hydrogens is 241 g/mol. The zero-order chi connectivity index (χ0) is 11.2. The number of halogens is 4. The maximum atomic E-state index is 13.6. The standard InChI is InChI=1S/C11H10Cl2F2/c1-5-2-3-6(12)10-9(5)7(13)4-8(14)11(10)15/h4-6H,2-3H2,1H3. The lowest BCUT2D eigenvalue weighted by molar-refractivity contribution is 0.474. The predicted molar refractivity (Wildman–Crippen MR) is 57.6 cm³/mol. The molecule has 0 nitrogen and oxygen atoms in total. The second kappa shape index (κ2) is 3.91. The van der Waals surface area contributed by atoms with Crippen LogP contribution in [-0.2, 0) is 0 Å². The van der Waals surface area contributed by atoms with E-state index in [9.17, 15) is 8.78 Å². The van der Waals surface area contributed by atoms with Gasteiger partial charge in [0.2, 0.25) is 0 Å². The zero-order valence-corrected chi connectivity index (χ0v) is 9.67. The SMILES string of the molecule is CC1CCC(Cl)c2c(F)c(F)cc(Cl)c21. The van der Waals surface area contributed by atoms with Gasteiger partial charge in [0.15, 0.2) is 11.6 Å². The Morgan fingerprint density at radius 2 is 1.93 bits per heavy atom. The summed E-state index contributed by atoms with van der Waals surface area (Å²) in [5.41, 5.74) is 0.919. The first-order chi connectivity index (χ1) is 7.02. The molecule has 0 heterocycles. The van der Waals surface area contributed by atoms with Crippen molar-refractivity contribution < 1.29 is 8.78 Å². The van der Waals surface area contributed by atoms with Gasteiger partial charge < -0.3 is 0 Å². The number of benzene rings is 1. The fourth-order valence-electron chi connectivity index (χ4n) is 2.12. The highest BCUT2D eigenvalue weighted by Crippen LogP contribution is 2.45. The van der Waals surface area contributed by atoms with E-state index < -0.39 is 17.0 Å².